The van der Waals surface area contributed by atoms with Crippen LogP contribution in [-0.4, -0.2) is 27.2 Å². The minimum absolute atomic E-state index is 0.187. The van der Waals surface area contributed by atoms with E-state index in [2.05, 4.69) is 5.32 Å². The second-order valence-corrected chi connectivity index (χ2v) is 5.47. The normalized spacial score (nSPS) is 11.4. The molecule has 0 aromatic heterocycles. The van der Waals surface area contributed by atoms with Crippen molar-refractivity contribution in [3.05, 3.63) is 53.4 Å². The lowest BCUT2D eigenvalue weighted by molar-refractivity contribution is -0.140. The second kappa shape index (κ2) is 8.64. The Balaban J connectivity index is 2.21. The summed E-state index contributed by atoms with van der Waals surface area (Å²) in [5, 5.41) is 2.25. The first kappa shape index (κ1) is 21.1. The van der Waals surface area contributed by atoms with Crippen LogP contribution in [0, 0.1) is 5.82 Å². The zero-order chi connectivity index (χ0) is 20.9. The van der Waals surface area contributed by atoms with Crippen molar-refractivity contribution in [1.82, 2.24) is 0 Å². The van der Waals surface area contributed by atoms with E-state index in [-0.39, 0.29) is 5.69 Å². The number of nitrogens with one attached hydrogen (secondary N) is 1. The van der Waals surface area contributed by atoms with Crippen LogP contribution in [0.1, 0.15) is 11.1 Å². The molecular formula is C19H17F4NO4. The van der Waals surface area contributed by atoms with Gasteiger partial charge in [0.25, 0.3) is 0 Å². The lowest BCUT2D eigenvalue weighted by Gasteiger charge is -2.12. The van der Waals surface area contributed by atoms with Crippen LogP contribution in [0.4, 0.5) is 23.2 Å². The molecule has 0 aliphatic carbocycles. The average Bonchev–Trinajstić information content (AvgIpc) is 2.65. The topological polar surface area (TPSA) is 56.8 Å². The van der Waals surface area contributed by atoms with Gasteiger partial charge < -0.3 is 19.5 Å². The molecule has 2 aromatic rings. The van der Waals surface area contributed by atoms with Gasteiger partial charge in [-0.25, -0.2) is 4.39 Å². The smallest absolute Gasteiger partial charge is 0.419 e. The van der Waals surface area contributed by atoms with Gasteiger partial charge >= 0.3 is 6.18 Å². The van der Waals surface area contributed by atoms with Crippen molar-refractivity contribution in [3.63, 3.8) is 0 Å². The number of alkyl halides is 3. The summed E-state index contributed by atoms with van der Waals surface area (Å²) in [6.07, 6.45) is -2.35. The highest BCUT2D eigenvalue weighted by molar-refractivity contribution is 6.02. The summed E-state index contributed by atoms with van der Waals surface area (Å²) in [6.45, 7) is 0. The molecule has 0 spiro atoms. The first-order valence-corrected chi connectivity index (χ1v) is 7.85. The molecule has 1 N–H and O–H groups in total. The van der Waals surface area contributed by atoms with Crippen LogP contribution in [0.5, 0.6) is 17.2 Å². The number of hydrogen-bond donors (Lipinski definition) is 1. The van der Waals surface area contributed by atoms with Gasteiger partial charge in [0.15, 0.2) is 11.5 Å². The van der Waals surface area contributed by atoms with Crippen LogP contribution >= 0.6 is 0 Å². The second-order valence-electron chi connectivity index (χ2n) is 5.47. The van der Waals surface area contributed by atoms with Crippen molar-refractivity contribution in [1.29, 1.82) is 0 Å². The van der Waals surface area contributed by atoms with Crippen LogP contribution in [0.25, 0.3) is 6.08 Å². The zero-order valence-corrected chi connectivity index (χ0v) is 15.2. The zero-order valence-electron chi connectivity index (χ0n) is 15.2. The van der Waals surface area contributed by atoms with Gasteiger partial charge in [-0.1, -0.05) is 0 Å². The van der Waals surface area contributed by atoms with Crippen LogP contribution in [0.2, 0.25) is 0 Å². The molecule has 0 unspecified atom stereocenters. The van der Waals surface area contributed by atoms with E-state index in [1.54, 1.807) is 12.1 Å². The number of hydrogen-bond acceptors (Lipinski definition) is 4. The van der Waals surface area contributed by atoms with E-state index in [4.69, 9.17) is 14.2 Å². The summed E-state index contributed by atoms with van der Waals surface area (Å²) in [4.78, 5) is 12.0. The molecule has 0 atom stereocenters. The number of halogens is 4. The van der Waals surface area contributed by atoms with Gasteiger partial charge in [-0.05, 0) is 42.0 Å². The fourth-order valence-corrected chi connectivity index (χ4v) is 2.37. The van der Waals surface area contributed by atoms with Gasteiger partial charge in [0.05, 0.1) is 26.9 Å². The van der Waals surface area contributed by atoms with Gasteiger partial charge in [0, 0.05) is 11.8 Å². The molecule has 0 aliphatic rings. The van der Waals surface area contributed by atoms with Crippen molar-refractivity contribution in [2.75, 3.05) is 26.6 Å². The van der Waals surface area contributed by atoms with E-state index in [1.165, 1.54) is 27.4 Å². The van der Waals surface area contributed by atoms with Crippen molar-refractivity contribution >= 4 is 17.7 Å². The van der Waals surface area contributed by atoms with Gasteiger partial charge in [-0.3, -0.25) is 4.79 Å². The molecule has 0 aliphatic heterocycles. The van der Waals surface area contributed by atoms with E-state index in [0.717, 1.165) is 12.1 Å². The van der Waals surface area contributed by atoms with E-state index >= 15 is 0 Å². The van der Waals surface area contributed by atoms with Crippen LogP contribution in [0.3, 0.4) is 0 Å². The first-order chi connectivity index (χ1) is 13.2. The summed E-state index contributed by atoms with van der Waals surface area (Å²) in [5.41, 5.74) is -1.12. The maximum atomic E-state index is 13.3. The fraction of sp³-hybridized carbons (Fsp3) is 0.211. The highest BCUT2D eigenvalue weighted by atomic mass is 19.4. The molecule has 0 fully saturated rings. The molecule has 0 saturated carbocycles. The summed E-state index contributed by atoms with van der Waals surface area (Å²) in [5.74, 6) is -1.00. The third-order valence-corrected chi connectivity index (χ3v) is 3.65. The van der Waals surface area contributed by atoms with E-state index < -0.39 is 23.5 Å². The molecule has 2 aromatic carbocycles. The summed E-state index contributed by atoms with van der Waals surface area (Å²) in [6, 6.07) is 5.38. The Kier molecular flexibility index (Phi) is 6.50. The molecule has 2 rings (SSSR count). The predicted molar refractivity (Wildman–Crippen MR) is 95.2 cm³/mol. The van der Waals surface area contributed by atoms with Crippen LogP contribution in [0.15, 0.2) is 36.4 Å². The van der Waals surface area contributed by atoms with Gasteiger partial charge in [-0.2, -0.15) is 13.2 Å². The number of rotatable bonds is 6. The quantitative estimate of drug-likeness (QED) is 0.573. The molecule has 1 amide bonds. The Morgan fingerprint density at radius 2 is 1.61 bits per heavy atom. The van der Waals surface area contributed by atoms with Gasteiger partial charge in [0.1, 0.15) is 5.82 Å². The standard InChI is InChI=1S/C19H17F4NO4/c1-26-15-8-11(9-16(27-2)18(15)28-3)4-7-17(25)24-12-5-6-14(20)13(10-12)19(21,22)23/h4-10H,1-3H3,(H,24,25)/b7-4+. The Bertz CT molecular complexity index is 869. The van der Waals surface area contributed by atoms with E-state index in [0.29, 0.717) is 34.9 Å². The number of ether oxygens (including phenoxy) is 3. The summed E-state index contributed by atoms with van der Waals surface area (Å²) >= 11 is 0. The Hall–Kier alpha value is -3.23. The molecule has 5 nitrogen and oxygen atoms in total. The monoisotopic (exact) mass is 399 g/mol. The van der Waals surface area contributed by atoms with Crippen molar-refractivity contribution in [2.24, 2.45) is 0 Å². The molecule has 28 heavy (non-hydrogen) atoms. The fourth-order valence-electron chi connectivity index (χ4n) is 2.37. The highest BCUT2D eigenvalue weighted by Gasteiger charge is 2.34. The van der Waals surface area contributed by atoms with E-state index in [9.17, 15) is 22.4 Å². The van der Waals surface area contributed by atoms with E-state index in [1.807, 2.05) is 0 Å². The van der Waals surface area contributed by atoms with Crippen molar-refractivity contribution in [2.45, 2.75) is 6.18 Å². The minimum Gasteiger partial charge on any atom is -0.493 e. The highest BCUT2D eigenvalue weighted by Crippen LogP contribution is 2.38. The predicted octanol–water partition coefficient (Wildman–Crippen LogP) is 4.52. The maximum absolute atomic E-state index is 13.3. The molecule has 0 radical (unpaired) electrons. The van der Waals surface area contributed by atoms with Crippen molar-refractivity contribution in [3.8, 4) is 17.2 Å². The Morgan fingerprint density at radius 1 is 1.00 bits per heavy atom. The summed E-state index contributed by atoms with van der Waals surface area (Å²) < 4.78 is 67.1. The number of carbonyl (C=O) groups excluding carboxylic acids is 1. The summed E-state index contributed by atoms with van der Waals surface area (Å²) in [7, 11) is 4.32. The first-order valence-electron chi connectivity index (χ1n) is 7.85. The lowest BCUT2D eigenvalue weighted by Crippen LogP contribution is -2.12. The third-order valence-electron chi connectivity index (χ3n) is 3.65. The van der Waals surface area contributed by atoms with Gasteiger partial charge in [0.2, 0.25) is 11.7 Å². The molecular weight excluding hydrogens is 382 g/mol. The number of amides is 1. The average molecular weight is 399 g/mol. The lowest BCUT2D eigenvalue weighted by atomic mass is 10.1. The molecule has 9 heteroatoms. The molecule has 0 saturated heterocycles. The molecule has 0 heterocycles. The van der Waals surface area contributed by atoms with Crippen molar-refractivity contribution < 1.29 is 36.6 Å². The number of carbonyl (C=O) groups is 1. The molecule has 150 valence electrons. The molecule has 0 bridgehead atoms. The number of benzene rings is 2. The van der Waals surface area contributed by atoms with Gasteiger partial charge in [-0.15, -0.1) is 0 Å². The largest absolute Gasteiger partial charge is 0.493 e. The minimum atomic E-state index is -4.86. The maximum Gasteiger partial charge on any atom is 0.419 e. The number of methoxy groups -OCH3 is 3. The Labute approximate surface area is 158 Å². The third kappa shape index (κ3) is 4.93. The SMILES string of the molecule is COc1cc(/C=C/C(=O)Nc2ccc(F)c(C(F)(F)F)c2)cc(OC)c1OC. The Morgan fingerprint density at radius 3 is 2.11 bits per heavy atom. The van der Waals surface area contributed by atoms with Crippen LogP contribution in [-0.2, 0) is 11.0 Å². The van der Waals surface area contributed by atoms with Crippen LogP contribution < -0.4 is 19.5 Å². The number of anilines is 1.